The molecule has 1 fully saturated rings. The summed E-state index contributed by atoms with van der Waals surface area (Å²) >= 11 is 0. The lowest BCUT2D eigenvalue weighted by Crippen LogP contribution is -2.47. The van der Waals surface area contributed by atoms with Gasteiger partial charge in [-0.25, -0.2) is 4.79 Å². The number of nitrogens with one attached hydrogen (secondary N) is 3. The number of carbonyl (C=O) groups excluding carboxylic acids is 3. The summed E-state index contributed by atoms with van der Waals surface area (Å²) in [4.78, 5) is 38.1. The summed E-state index contributed by atoms with van der Waals surface area (Å²) in [5.41, 5.74) is 1.01. The molecule has 1 aromatic carbocycles. The second-order valence-corrected chi connectivity index (χ2v) is 12.1. The molecule has 0 aromatic heterocycles. The number of hydrogen-bond donors (Lipinski definition) is 3. The van der Waals surface area contributed by atoms with Crippen molar-refractivity contribution in [3.63, 3.8) is 0 Å². The Morgan fingerprint density at radius 1 is 1.02 bits per heavy atom. The lowest BCUT2D eigenvalue weighted by molar-refractivity contribution is -0.148. The van der Waals surface area contributed by atoms with Crippen LogP contribution < -0.4 is 10.6 Å². The first kappa shape index (κ1) is 35.2. The fourth-order valence-corrected chi connectivity index (χ4v) is 5.30. The maximum Gasteiger partial charge on any atom is 0.412 e. The molecular formula is C29H46N4O8S. The van der Waals surface area contributed by atoms with Crippen LogP contribution in [0, 0.1) is 11.3 Å². The molecule has 0 radical (unpaired) electrons. The third-order valence-electron chi connectivity index (χ3n) is 6.89. The Morgan fingerprint density at radius 3 is 2.38 bits per heavy atom. The van der Waals surface area contributed by atoms with Gasteiger partial charge in [0.1, 0.15) is 12.1 Å². The Bertz CT molecular complexity index is 1130. The van der Waals surface area contributed by atoms with Crippen LogP contribution in [0.25, 0.3) is 0 Å². The molecule has 3 N–H and O–H groups in total. The van der Waals surface area contributed by atoms with E-state index in [9.17, 15) is 22.8 Å². The molecule has 2 rings (SSSR count). The predicted octanol–water partition coefficient (Wildman–Crippen LogP) is 4.39. The van der Waals surface area contributed by atoms with Crippen LogP contribution in [0.5, 0.6) is 0 Å². The summed E-state index contributed by atoms with van der Waals surface area (Å²) in [5, 5.41) is 13.3. The Kier molecular flexibility index (Phi) is 15.5. The van der Waals surface area contributed by atoms with Gasteiger partial charge in [-0.3, -0.25) is 29.4 Å². The lowest BCUT2D eigenvalue weighted by Gasteiger charge is -2.37. The zero-order valence-electron chi connectivity index (χ0n) is 25.0. The molecular weight excluding hydrogens is 564 g/mol. The number of benzene rings is 1. The van der Waals surface area contributed by atoms with Gasteiger partial charge in [0.25, 0.3) is 10.1 Å². The third kappa shape index (κ3) is 14.2. The molecule has 2 unspecified atom stereocenters. The largest absolute Gasteiger partial charge is 0.465 e. The molecule has 1 aliphatic rings. The summed E-state index contributed by atoms with van der Waals surface area (Å²) in [7, 11) is -3.74. The quantitative estimate of drug-likeness (QED) is 0.0762. The van der Waals surface area contributed by atoms with Crippen molar-refractivity contribution in [2.45, 2.75) is 84.3 Å². The molecule has 42 heavy (non-hydrogen) atoms. The highest BCUT2D eigenvalue weighted by Crippen LogP contribution is 2.28. The number of piperidine rings is 1. The smallest absolute Gasteiger partial charge is 0.412 e. The van der Waals surface area contributed by atoms with Crippen molar-refractivity contribution in [2.24, 2.45) is 5.92 Å². The second kappa shape index (κ2) is 18.5. The number of amidine groups is 1. The van der Waals surface area contributed by atoms with Crippen LogP contribution in [-0.2, 0) is 33.4 Å². The van der Waals surface area contributed by atoms with E-state index in [0.29, 0.717) is 43.7 Å². The van der Waals surface area contributed by atoms with E-state index in [1.165, 1.54) is 19.3 Å². The summed E-state index contributed by atoms with van der Waals surface area (Å²) < 4.78 is 38.9. The van der Waals surface area contributed by atoms with Gasteiger partial charge in [0.2, 0.25) is 5.91 Å². The molecule has 2 amide bonds. The number of unbranched alkanes of at least 4 members (excludes halogenated alkanes) is 5. The molecule has 1 aromatic rings. The number of carbonyl (C=O) groups is 3. The molecule has 1 saturated heterocycles. The Morgan fingerprint density at radius 2 is 1.71 bits per heavy atom. The second-order valence-electron chi connectivity index (χ2n) is 10.5. The minimum atomic E-state index is -3.74. The van der Waals surface area contributed by atoms with Crippen molar-refractivity contribution in [2.75, 3.05) is 37.9 Å². The number of hydrogen-bond acceptors (Lipinski definition) is 10. The van der Waals surface area contributed by atoms with Gasteiger partial charge in [-0.1, -0.05) is 39.0 Å². The van der Waals surface area contributed by atoms with Crippen LogP contribution in [0.4, 0.5) is 10.5 Å². The summed E-state index contributed by atoms with van der Waals surface area (Å²) in [5.74, 6) is -0.710. The van der Waals surface area contributed by atoms with Crippen molar-refractivity contribution in [3.8, 4) is 0 Å². The van der Waals surface area contributed by atoms with Crippen LogP contribution in [0.2, 0.25) is 0 Å². The molecule has 0 bridgehead atoms. The SMILES string of the molecule is CCCCCCCCOC(=O)NC(=N)c1ccc(NC(=O)CCC2CCN(CC(=O)OCC)C(OS(C)(=O)=O)C2)cc1. The van der Waals surface area contributed by atoms with E-state index in [1.54, 1.807) is 36.1 Å². The number of likely N-dealkylation sites (tertiary alicyclic amines) is 1. The van der Waals surface area contributed by atoms with Crippen molar-refractivity contribution >= 4 is 39.6 Å². The number of nitrogens with zero attached hydrogens (tertiary/aromatic N) is 1. The van der Waals surface area contributed by atoms with E-state index in [0.717, 1.165) is 25.5 Å². The molecule has 1 aliphatic heterocycles. The molecule has 236 valence electrons. The van der Waals surface area contributed by atoms with Gasteiger partial charge >= 0.3 is 12.1 Å². The minimum absolute atomic E-state index is 0.0377. The van der Waals surface area contributed by atoms with E-state index >= 15 is 0 Å². The number of esters is 1. The van der Waals surface area contributed by atoms with E-state index in [4.69, 9.17) is 19.1 Å². The first-order valence-corrected chi connectivity index (χ1v) is 16.5. The molecule has 0 saturated carbocycles. The maximum atomic E-state index is 12.6. The summed E-state index contributed by atoms with van der Waals surface area (Å²) in [6, 6.07) is 6.54. The van der Waals surface area contributed by atoms with Crippen molar-refractivity contribution < 1.29 is 36.5 Å². The number of rotatable bonds is 17. The highest BCUT2D eigenvalue weighted by atomic mass is 32.2. The molecule has 1 heterocycles. The monoisotopic (exact) mass is 610 g/mol. The molecule has 0 spiro atoms. The van der Waals surface area contributed by atoms with Crippen molar-refractivity contribution in [3.05, 3.63) is 29.8 Å². The van der Waals surface area contributed by atoms with Gasteiger partial charge in [-0.15, -0.1) is 0 Å². The topological polar surface area (TPSA) is 164 Å². The van der Waals surface area contributed by atoms with Gasteiger partial charge in [0.15, 0.2) is 0 Å². The first-order chi connectivity index (χ1) is 20.0. The van der Waals surface area contributed by atoms with Crippen LogP contribution >= 0.6 is 0 Å². The average molecular weight is 611 g/mol. The van der Waals surface area contributed by atoms with Gasteiger partial charge in [-0.2, -0.15) is 8.42 Å². The summed E-state index contributed by atoms with van der Waals surface area (Å²) in [6.45, 7) is 4.79. The zero-order valence-corrected chi connectivity index (χ0v) is 25.8. The van der Waals surface area contributed by atoms with Gasteiger partial charge < -0.3 is 14.8 Å². The molecule has 2 atom stereocenters. The Hall–Kier alpha value is -3.03. The minimum Gasteiger partial charge on any atom is -0.465 e. The van der Waals surface area contributed by atoms with Gasteiger partial charge in [0.05, 0.1) is 26.0 Å². The number of ether oxygens (including phenoxy) is 2. The number of alkyl carbamates (subject to hydrolysis) is 1. The van der Waals surface area contributed by atoms with E-state index < -0.39 is 28.4 Å². The van der Waals surface area contributed by atoms with Crippen LogP contribution in [0.3, 0.4) is 0 Å². The average Bonchev–Trinajstić information content (AvgIpc) is 2.92. The zero-order chi connectivity index (χ0) is 31.0. The van der Waals surface area contributed by atoms with Crippen molar-refractivity contribution in [1.82, 2.24) is 10.2 Å². The molecule has 0 aliphatic carbocycles. The lowest BCUT2D eigenvalue weighted by atomic mass is 9.91. The fraction of sp³-hybridized carbons (Fsp3) is 0.655. The molecule has 13 heteroatoms. The van der Waals surface area contributed by atoms with Gasteiger partial charge in [0, 0.05) is 24.2 Å². The van der Waals surface area contributed by atoms with E-state index in [2.05, 4.69) is 17.6 Å². The van der Waals surface area contributed by atoms with Crippen LogP contribution in [0.15, 0.2) is 24.3 Å². The van der Waals surface area contributed by atoms with Crippen LogP contribution in [-0.4, -0.2) is 75.9 Å². The molecule has 12 nitrogen and oxygen atoms in total. The highest BCUT2D eigenvalue weighted by molar-refractivity contribution is 7.86. The third-order valence-corrected chi connectivity index (χ3v) is 7.46. The summed E-state index contributed by atoms with van der Waals surface area (Å²) in [6.07, 6.45) is 7.81. The van der Waals surface area contributed by atoms with Crippen LogP contribution in [0.1, 0.15) is 83.6 Å². The number of amides is 2. The first-order valence-electron chi connectivity index (χ1n) is 14.7. The van der Waals surface area contributed by atoms with Crippen molar-refractivity contribution in [1.29, 1.82) is 5.41 Å². The standard InChI is InChI=1S/C29H46N4O8S/c1-4-6-7-8-9-10-19-40-29(36)32-28(30)23-12-14-24(15-13-23)31-25(34)16-11-22-17-18-33(21-27(35)39-5-2)26(20-22)41-42(3,37)38/h12-15,22,26H,4-11,16-21H2,1-3H3,(H,31,34)(H2,30,32,36). The van der Waals surface area contributed by atoms with Gasteiger partial charge in [-0.05, 0) is 62.8 Å². The fourth-order valence-electron chi connectivity index (χ4n) is 4.70. The Balaban J connectivity index is 1.76. The predicted molar refractivity (Wildman–Crippen MR) is 160 cm³/mol. The number of anilines is 1. The van der Waals surface area contributed by atoms with E-state index in [1.807, 2.05) is 0 Å². The highest BCUT2D eigenvalue weighted by Gasteiger charge is 2.33. The Labute approximate surface area is 249 Å². The normalized spacial score (nSPS) is 17.3. The van der Waals surface area contributed by atoms with E-state index in [-0.39, 0.29) is 37.2 Å². The maximum absolute atomic E-state index is 12.6.